The molecule has 0 radical (unpaired) electrons. The van der Waals surface area contributed by atoms with Crippen LogP contribution in [0.15, 0.2) is 24.3 Å². The van der Waals surface area contributed by atoms with Crippen molar-refractivity contribution < 1.29 is 32.5 Å². The Morgan fingerprint density at radius 2 is 1.52 bits per heavy atom. The van der Waals surface area contributed by atoms with Gasteiger partial charge in [-0.05, 0) is 13.8 Å². The fourth-order valence-electron chi connectivity index (χ4n) is 2.12. The molecule has 1 rings (SSSR count). The Morgan fingerprint density at radius 3 is 1.86 bits per heavy atom. The molecule has 0 amide bonds. The van der Waals surface area contributed by atoms with Crippen LogP contribution in [0.1, 0.15) is 19.4 Å². The first kappa shape index (κ1) is 21.3. The van der Waals surface area contributed by atoms with Crippen LogP contribution in [-0.4, -0.2) is 21.3 Å². The molecule has 0 aliphatic rings. The molecular formula is C14H23ClLiO3PSi. The van der Waals surface area contributed by atoms with E-state index in [-0.39, 0.29) is 18.9 Å². The van der Waals surface area contributed by atoms with Gasteiger partial charge in [0.1, 0.15) is 0 Å². The number of rotatable bonds is 7. The smallest absolute Gasteiger partial charge is 0.314 e. The molecule has 0 bridgehead atoms. The predicted octanol–water partition coefficient (Wildman–Crippen LogP) is 2.37. The summed E-state index contributed by atoms with van der Waals surface area (Å²) in [5, 5.41) is 1.48. The summed E-state index contributed by atoms with van der Waals surface area (Å²) in [6, 6.07) is 7.39. The zero-order valence-corrected chi connectivity index (χ0v) is 16.4. The monoisotopic (exact) mass is 340 g/mol. The van der Waals surface area contributed by atoms with E-state index in [1.807, 2.05) is 26.0 Å². The summed E-state index contributed by atoms with van der Waals surface area (Å²) in [6.45, 7) is 10.8. The van der Waals surface area contributed by atoms with Gasteiger partial charge in [-0.25, -0.2) is 0 Å². The molecule has 1 aromatic rings. The summed E-state index contributed by atoms with van der Waals surface area (Å²) < 4.78 is 24.2. The number of halogens is 1. The zero-order chi connectivity index (χ0) is 15.4. The van der Waals surface area contributed by atoms with Crippen molar-refractivity contribution in [1.29, 1.82) is 0 Å². The Labute approximate surface area is 146 Å². The molecule has 0 aromatic heterocycles. The van der Waals surface area contributed by atoms with Gasteiger partial charge in [-0.2, -0.15) is 17.7 Å². The third-order valence-electron chi connectivity index (χ3n) is 2.70. The minimum Gasteiger partial charge on any atom is -0.314 e. The molecule has 3 nitrogen and oxygen atoms in total. The molecule has 0 saturated carbocycles. The van der Waals surface area contributed by atoms with Gasteiger partial charge in [0, 0.05) is 13.1 Å². The first-order valence-electron chi connectivity index (χ1n) is 6.77. The minimum atomic E-state index is -3.25. The summed E-state index contributed by atoms with van der Waals surface area (Å²) >= 11 is 5.94. The Hall–Kier alpha value is 0.344. The summed E-state index contributed by atoms with van der Waals surface area (Å²) in [5.74, 6) is 0. The second-order valence-corrected chi connectivity index (χ2v) is 13.3. The van der Waals surface area contributed by atoms with Crippen molar-refractivity contribution in [2.45, 2.75) is 33.5 Å². The first-order valence-corrected chi connectivity index (χ1v) is 12.2. The van der Waals surface area contributed by atoms with Gasteiger partial charge in [0.25, 0.3) is 0 Å². The quantitative estimate of drug-likeness (QED) is 0.434. The fraction of sp³-hybridized carbons (Fsp3) is 0.500. The molecule has 0 fully saturated rings. The van der Waals surface area contributed by atoms with Crippen LogP contribution in [0, 0.1) is 5.28 Å². The van der Waals surface area contributed by atoms with Crippen molar-refractivity contribution >= 4 is 27.3 Å². The van der Waals surface area contributed by atoms with Crippen molar-refractivity contribution in [2.75, 3.05) is 13.2 Å². The molecule has 0 spiro atoms. The van der Waals surface area contributed by atoms with Gasteiger partial charge in [0.05, 0.1) is 13.2 Å². The van der Waals surface area contributed by atoms with Gasteiger partial charge in [0.15, 0.2) is 0 Å². The Morgan fingerprint density at radius 1 is 1.10 bits per heavy atom. The van der Waals surface area contributed by atoms with E-state index in [9.17, 15) is 4.57 Å². The molecule has 0 unspecified atom stereocenters. The largest absolute Gasteiger partial charge is 1.00 e. The van der Waals surface area contributed by atoms with Crippen LogP contribution in [-0.2, 0) is 13.6 Å². The average Bonchev–Trinajstić information content (AvgIpc) is 2.30. The SMILES string of the molecule is CCOP(=O)(OCC)[C-](c1ccc(Cl)cc1)[Si](C)(C)C.[Li+]. The number of benzene rings is 1. The summed E-state index contributed by atoms with van der Waals surface area (Å²) in [4.78, 5) is 0. The summed E-state index contributed by atoms with van der Waals surface area (Å²) in [5.41, 5.74) is 0.902. The van der Waals surface area contributed by atoms with Gasteiger partial charge < -0.3 is 9.05 Å². The third kappa shape index (κ3) is 5.80. The second-order valence-electron chi connectivity index (χ2n) is 5.44. The minimum absolute atomic E-state index is 0. The number of hydrogen-bond acceptors (Lipinski definition) is 3. The molecule has 0 N–H and O–H groups in total. The van der Waals surface area contributed by atoms with Crippen molar-refractivity contribution in [2.24, 2.45) is 0 Å². The normalized spacial score (nSPS) is 11.9. The fourth-order valence-corrected chi connectivity index (χ4v) is 8.43. The second kappa shape index (κ2) is 8.84. The molecule has 1 aromatic carbocycles. The van der Waals surface area contributed by atoms with Crippen molar-refractivity contribution in [3.63, 3.8) is 0 Å². The predicted molar refractivity (Wildman–Crippen MR) is 88.0 cm³/mol. The van der Waals surface area contributed by atoms with Crippen molar-refractivity contribution in [3.05, 3.63) is 40.1 Å². The van der Waals surface area contributed by atoms with Crippen LogP contribution in [0.25, 0.3) is 0 Å². The molecular weight excluding hydrogens is 318 g/mol. The van der Waals surface area contributed by atoms with Crippen LogP contribution in [0.2, 0.25) is 24.7 Å². The maximum atomic E-state index is 13.2. The molecule has 0 saturated heterocycles. The van der Waals surface area contributed by atoms with E-state index in [1.54, 1.807) is 12.1 Å². The van der Waals surface area contributed by atoms with Gasteiger partial charge in [0.2, 0.25) is 0 Å². The zero-order valence-electron chi connectivity index (χ0n) is 13.8. The molecule has 0 aliphatic carbocycles. The standard InChI is InChI=1S/C14H23ClO3PSi.Li/c1-6-17-19(16,18-7-2)14(20(3,4)5)12-8-10-13(15)11-9-12;/h8-11H,6-7H2,1-5H3;/q-1;+1. The first-order chi connectivity index (χ1) is 9.24. The Balaban J connectivity index is 0.00000400. The van der Waals surface area contributed by atoms with Crippen LogP contribution in [0.5, 0.6) is 0 Å². The van der Waals surface area contributed by atoms with Crippen LogP contribution in [0.3, 0.4) is 0 Å². The molecule has 0 heterocycles. The Bertz CT molecular complexity index is 466. The van der Waals surface area contributed by atoms with Crippen molar-refractivity contribution in [1.82, 2.24) is 0 Å². The van der Waals surface area contributed by atoms with Gasteiger partial charge in [-0.15, -0.1) is 0 Å². The van der Waals surface area contributed by atoms with Crippen molar-refractivity contribution in [3.8, 4) is 0 Å². The maximum absolute atomic E-state index is 13.2. The van der Waals surface area contributed by atoms with Gasteiger partial charge in [-0.3, -0.25) is 4.57 Å². The molecule has 7 heteroatoms. The van der Waals surface area contributed by atoms with E-state index < -0.39 is 15.7 Å². The maximum Gasteiger partial charge on any atom is 1.00 e. The van der Waals surface area contributed by atoms with Gasteiger partial charge in [-0.1, -0.05) is 48.7 Å². The summed E-state index contributed by atoms with van der Waals surface area (Å²) in [7, 11) is -5.15. The third-order valence-corrected chi connectivity index (χ3v) is 9.50. The van der Waals surface area contributed by atoms with Crippen LogP contribution >= 0.6 is 19.2 Å². The van der Waals surface area contributed by atoms with Crippen LogP contribution in [0.4, 0.5) is 0 Å². The van der Waals surface area contributed by atoms with E-state index in [0.29, 0.717) is 18.2 Å². The van der Waals surface area contributed by atoms with E-state index in [0.717, 1.165) is 10.8 Å². The number of hydrogen-bond donors (Lipinski definition) is 0. The molecule has 114 valence electrons. The van der Waals surface area contributed by atoms with E-state index in [2.05, 4.69) is 19.6 Å². The Kier molecular flexibility index (Phi) is 8.99. The average molecular weight is 341 g/mol. The molecule has 21 heavy (non-hydrogen) atoms. The topological polar surface area (TPSA) is 35.5 Å². The van der Waals surface area contributed by atoms with Gasteiger partial charge >= 0.3 is 26.5 Å². The van der Waals surface area contributed by atoms with E-state index in [4.69, 9.17) is 20.6 Å². The molecule has 0 aliphatic heterocycles. The van der Waals surface area contributed by atoms with E-state index >= 15 is 0 Å². The van der Waals surface area contributed by atoms with Crippen LogP contribution < -0.4 is 18.9 Å². The molecule has 0 atom stereocenters. The summed E-state index contributed by atoms with van der Waals surface area (Å²) in [6.07, 6.45) is 0. The van der Waals surface area contributed by atoms with E-state index in [1.165, 1.54) is 0 Å².